The molecule has 2 rings (SSSR count). The van der Waals surface area contributed by atoms with Crippen molar-refractivity contribution in [2.24, 2.45) is 0 Å². The van der Waals surface area contributed by atoms with E-state index >= 15 is 0 Å². The van der Waals surface area contributed by atoms with E-state index in [4.69, 9.17) is 21.1 Å². The maximum Gasteiger partial charge on any atom is 0.141 e. The molecular formula is C17H18BrClO2. The van der Waals surface area contributed by atoms with E-state index in [1.807, 2.05) is 12.1 Å². The van der Waals surface area contributed by atoms with Crippen LogP contribution in [-0.4, -0.2) is 14.2 Å². The molecule has 2 aromatic carbocycles. The number of ether oxygens (including phenoxy) is 2. The van der Waals surface area contributed by atoms with E-state index in [2.05, 4.69) is 48.0 Å². The lowest BCUT2D eigenvalue weighted by atomic mass is 9.99. The average Bonchev–Trinajstić information content (AvgIpc) is 2.49. The Morgan fingerprint density at radius 1 is 1.00 bits per heavy atom. The van der Waals surface area contributed by atoms with Gasteiger partial charge < -0.3 is 9.47 Å². The normalized spacial score (nSPS) is 12.1. The van der Waals surface area contributed by atoms with Crippen molar-refractivity contribution in [3.63, 3.8) is 0 Å². The highest BCUT2D eigenvalue weighted by Gasteiger charge is 2.20. The van der Waals surface area contributed by atoms with Gasteiger partial charge in [0, 0.05) is 5.56 Å². The van der Waals surface area contributed by atoms with Crippen molar-refractivity contribution >= 4 is 27.5 Å². The van der Waals surface area contributed by atoms with Gasteiger partial charge in [-0.1, -0.05) is 18.2 Å². The van der Waals surface area contributed by atoms with Crippen LogP contribution in [0.1, 0.15) is 27.6 Å². The fourth-order valence-electron chi connectivity index (χ4n) is 2.22. The summed E-state index contributed by atoms with van der Waals surface area (Å²) in [5, 5.41) is -0.276. The zero-order valence-electron chi connectivity index (χ0n) is 12.5. The van der Waals surface area contributed by atoms with E-state index in [1.165, 1.54) is 11.1 Å². The van der Waals surface area contributed by atoms with E-state index in [1.54, 1.807) is 14.2 Å². The molecule has 0 aliphatic rings. The third-order valence-corrected chi connectivity index (χ3v) is 4.85. The molecule has 0 aliphatic heterocycles. The topological polar surface area (TPSA) is 18.5 Å². The molecule has 0 saturated heterocycles. The predicted molar refractivity (Wildman–Crippen MR) is 90.9 cm³/mol. The summed E-state index contributed by atoms with van der Waals surface area (Å²) in [7, 11) is 3.26. The quantitative estimate of drug-likeness (QED) is 0.671. The summed E-state index contributed by atoms with van der Waals surface area (Å²) in [6.45, 7) is 4.18. The second-order valence-corrected chi connectivity index (χ2v) is 6.14. The van der Waals surface area contributed by atoms with E-state index in [9.17, 15) is 0 Å². The summed E-state index contributed by atoms with van der Waals surface area (Å²) in [4.78, 5) is 0. The monoisotopic (exact) mass is 368 g/mol. The van der Waals surface area contributed by atoms with Gasteiger partial charge in [-0.2, -0.15) is 0 Å². The zero-order valence-corrected chi connectivity index (χ0v) is 14.9. The second kappa shape index (κ2) is 6.71. The maximum atomic E-state index is 6.67. The number of aryl methyl sites for hydroxylation is 2. The number of benzene rings is 2. The summed E-state index contributed by atoms with van der Waals surface area (Å²) in [5.41, 5.74) is 4.44. The van der Waals surface area contributed by atoms with Crippen LogP contribution in [0.4, 0.5) is 0 Å². The molecule has 0 N–H and O–H groups in total. The smallest absolute Gasteiger partial charge is 0.141 e. The first-order valence-corrected chi connectivity index (χ1v) is 7.84. The molecule has 0 aliphatic carbocycles. The highest BCUT2D eigenvalue weighted by atomic mass is 79.9. The average molecular weight is 370 g/mol. The molecule has 21 heavy (non-hydrogen) atoms. The lowest BCUT2D eigenvalue weighted by Crippen LogP contribution is -2.00. The Kier molecular flexibility index (Phi) is 5.17. The van der Waals surface area contributed by atoms with Crippen molar-refractivity contribution in [1.29, 1.82) is 0 Å². The molecule has 1 unspecified atom stereocenters. The number of methoxy groups -OCH3 is 2. The van der Waals surface area contributed by atoms with E-state index in [0.717, 1.165) is 21.3 Å². The summed E-state index contributed by atoms with van der Waals surface area (Å²) in [5.74, 6) is 1.42. The molecule has 1 atom stereocenters. The lowest BCUT2D eigenvalue weighted by Gasteiger charge is -2.18. The first-order chi connectivity index (χ1) is 9.99. The number of halogens is 2. The van der Waals surface area contributed by atoms with Gasteiger partial charge >= 0.3 is 0 Å². The van der Waals surface area contributed by atoms with Crippen LogP contribution < -0.4 is 9.47 Å². The Bertz CT molecular complexity index is 655. The minimum Gasteiger partial charge on any atom is -0.495 e. The van der Waals surface area contributed by atoms with E-state index < -0.39 is 0 Å². The summed E-state index contributed by atoms with van der Waals surface area (Å²) in [6.07, 6.45) is 0. The predicted octanol–water partition coefficient (Wildman–Crippen LogP) is 5.41. The van der Waals surface area contributed by atoms with Crippen LogP contribution in [-0.2, 0) is 0 Å². The molecule has 0 amide bonds. The highest BCUT2D eigenvalue weighted by Crippen LogP contribution is 2.43. The van der Waals surface area contributed by atoms with Crippen LogP contribution in [0.15, 0.2) is 34.8 Å². The first kappa shape index (κ1) is 16.2. The van der Waals surface area contributed by atoms with Gasteiger partial charge in [-0.05, 0) is 58.6 Å². The molecule has 0 saturated carbocycles. The van der Waals surface area contributed by atoms with Gasteiger partial charge in [-0.25, -0.2) is 0 Å². The molecule has 2 aromatic rings. The lowest BCUT2D eigenvalue weighted by molar-refractivity contribution is 0.386. The summed E-state index contributed by atoms with van der Waals surface area (Å²) in [6, 6.07) is 10.1. The van der Waals surface area contributed by atoms with Gasteiger partial charge in [0.25, 0.3) is 0 Å². The molecule has 0 spiro atoms. The van der Waals surface area contributed by atoms with Crippen molar-refractivity contribution in [2.45, 2.75) is 19.2 Å². The zero-order chi connectivity index (χ0) is 15.6. The van der Waals surface area contributed by atoms with Crippen LogP contribution in [0.5, 0.6) is 11.5 Å². The Hall–Kier alpha value is -1.19. The highest BCUT2D eigenvalue weighted by molar-refractivity contribution is 9.10. The minimum absolute atomic E-state index is 0.276. The standard InChI is InChI=1S/C17H18BrClO2/c1-10-5-6-12(9-11(10)2)16(19)13-7-8-14(20-3)15(18)17(13)21-4/h5-9,16H,1-4H3. The first-order valence-electron chi connectivity index (χ1n) is 6.61. The Labute approximate surface area is 139 Å². The minimum atomic E-state index is -0.276. The molecule has 0 heterocycles. The molecular weight excluding hydrogens is 352 g/mol. The van der Waals surface area contributed by atoms with Crippen LogP contribution in [0.2, 0.25) is 0 Å². The number of alkyl halides is 1. The maximum absolute atomic E-state index is 6.67. The number of hydrogen-bond donors (Lipinski definition) is 0. The Balaban J connectivity index is 2.50. The van der Waals surface area contributed by atoms with Gasteiger partial charge in [0.1, 0.15) is 16.0 Å². The summed E-state index contributed by atoms with van der Waals surface area (Å²) >= 11 is 10.2. The van der Waals surface area contributed by atoms with E-state index in [0.29, 0.717) is 5.75 Å². The van der Waals surface area contributed by atoms with Gasteiger partial charge in [0.15, 0.2) is 0 Å². The summed E-state index contributed by atoms with van der Waals surface area (Å²) < 4.78 is 11.6. The van der Waals surface area contributed by atoms with Crippen molar-refractivity contribution in [2.75, 3.05) is 14.2 Å². The van der Waals surface area contributed by atoms with Crippen molar-refractivity contribution in [3.05, 3.63) is 57.1 Å². The third kappa shape index (κ3) is 3.19. The second-order valence-electron chi connectivity index (χ2n) is 4.91. The van der Waals surface area contributed by atoms with Crippen LogP contribution in [0.3, 0.4) is 0 Å². The van der Waals surface area contributed by atoms with Crippen LogP contribution in [0.25, 0.3) is 0 Å². The number of hydrogen-bond acceptors (Lipinski definition) is 2. The van der Waals surface area contributed by atoms with Gasteiger partial charge in [-0.15, -0.1) is 11.6 Å². The largest absolute Gasteiger partial charge is 0.495 e. The Morgan fingerprint density at radius 3 is 2.29 bits per heavy atom. The molecule has 0 bridgehead atoms. The Morgan fingerprint density at radius 2 is 1.71 bits per heavy atom. The fraction of sp³-hybridized carbons (Fsp3) is 0.294. The molecule has 2 nitrogen and oxygen atoms in total. The SMILES string of the molecule is COc1ccc(C(Cl)c2ccc(C)c(C)c2)c(OC)c1Br. The van der Waals surface area contributed by atoms with Crippen molar-refractivity contribution < 1.29 is 9.47 Å². The molecule has 0 aromatic heterocycles. The van der Waals surface area contributed by atoms with Crippen LogP contribution >= 0.6 is 27.5 Å². The van der Waals surface area contributed by atoms with Crippen molar-refractivity contribution in [1.82, 2.24) is 0 Å². The number of rotatable bonds is 4. The third-order valence-electron chi connectivity index (χ3n) is 3.61. The molecule has 112 valence electrons. The van der Waals surface area contributed by atoms with Gasteiger partial charge in [0.05, 0.1) is 19.6 Å². The fourth-order valence-corrected chi connectivity index (χ4v) is 3.21. The van der Waals surface area contributed by atoms with E-state index in [-0.39, 0.29) is 5.38 Å². The van der Waals surface area contributed by atoms with Gasteiger partial charge in [0.2, 0.25) is 0 Å². The molecule has 0 fully saturated rings. The molecule has 4 heteroatoms. The van der Waals surface area contributed by atoms with Crippen molar-refractivity contribution in [3.8, 4) is 11.5 Å². The molecule has 0 radical (unpaired) electrons. The van der Waals surface area contributed by atoms with Gasteiger partial charge in [-0.3, -0.25) is 0 Å². The van der Waals surface area contributed by atoms with Crippen LogP contribution in [0, 0.1) is 13.8 Å².